The smallest absolute Gasteiger partial charge is 0.241 e. The quantitative estimate of drug-likeness (QED) is 0.596. The summed E-state index contributed by atoms with van der Waals surface area (Å²) in [6, 6.07) is 11.6. The number of amides is 2. The Hall–Kier alpha value is -3.11. The van der Waals surface area contributed by atoms with Crippen LogP contribution in [0.1, 0.15) is 30.0 Å². The summed E-state index contributed by atoms with van der Waals surface area (Å²) in [5.74, 6) is -1.58. The zero-order valence-electron chi connectivity index (χ0n) is 20.3. The van der Waals surface area contributed by atoms with Crippen LogP contribution >= 0.6 is 0 Å². The van der Waals surface area contributed by atoms with Gasteiger partial charge in [-0.3, -0.25) is 14.9 Å². The van der Waals surface area contributed by atoms with Gasteiger partial charge in [-0.1, -0.05) is 36.4 Å². The van der Waals surface area contributed by atoms with Crippen molar-refractivity contribution >= 4 is 27.2 Å². The lowest BCUT2D eigenvalue weighted by Crippen LogP contribution is -2.52. The van der Waals surface area contributed by atoms with Crippen molar-refractivity contribution < 1.29 is 26.8 Å². The Morgan fingerprint density at radius 2 is 1.73 bits per heavy atom. The lowest BCUT2D eigenvalue weighted by Gasteiger charge is -2.31. The number of nitrogens with zero attached hydrogens (tertiary/aromatic N) is 2. The van der Waals surface area contributed by atoms with E-state index in [4.69, 9.17) is 0 Å². The van der Waals surface area contributed by atoms with E-state index < -0.39 is 33.6 Å². The third kappa shape index (κ3) is 5.75. The van der Waals surface area contributed by atoms with Gasteiger partial charge in [0.2, 0.25) is 11.8 Å². The molecule has 0 bridgehead atoms. The van der Waals surface area contributed by atoms with Crippen molar-refractivity contribution in [2.75, 3.05) is 37.7 Å². The molecule has 0 aromatic heterocycles. The van der Waals surface area contributed by atoms with E-state index in [0.717, 1.165) is 36.6 Å². The molecule has 2 aromatic rings. The number of halogens is 2. The van der Waals surface area contributed by atoms with Crippen LogP contribution in [0.4, 0.5) is 8.78 Å². The zero-order valence-corrected chi connectivity index (χ0v) is 21.1. The molecule has 1 saturated carbocycles. The summed E-state index contributed by atoms with van der Waals surface area (Å²) in [6.45, 7) is 0.344. The van der Waals surface area contributed by atoms with E-state index >= 15 is 0 Å². The molecule has 3 aliphatic rings. The molecule has 2 heterocycles. The van der Waals surface area contributed by atoms with Crippen LogP contribution in [0.25, 0.3) is 5.57 Å². The molecule has 0 radical (unpaired) electrons. The van der Waals surface area contributed by atoms with Gasteiger partial charge in [0.25, 0.3) is 0 Å². The molecule has 1 aliphatic carbocycles. The first-order valence-corrected chi connectivity index (χ1v) is 14.3. The molecule has 196 valence electrons. The highest BCUT2D eigenvalue weighted by Gasteiger charge is 2.42. The first kappa shape index (κ1) is 25.5. The number of carbonyl (C=O) groups excluding carboxylic acids is 2. The molecule has 10 heteroatoms. The van der Waals surface area contributed by atoms with Crippen molar-refractivity contribution in [1.82, 2.24) is 15.1 Å². The molecule has 2 fully saturated rings. The Labute approximate surface area is 215 Å². The molecule has 1 saturated heterocycles. The molecular weight excluding hydrogens is 500 g/mol. The summed E-state index contributed by atoms with van der Waals surface area (Å²) >= 11 is 0. The van der Waals surface area contributed by atoms with Crippen LogP contribution in [0.15, 0.2) is 54.6 Å². The Morgan fingerprint density at radius 1 is 1.03 bits per heavy atom. The van der Waals surface area contributed by atoms with E-state index in [9.17, 15) is 26.8 Å². The highest BCUT2D eigenvalue weighted by atomic mass is 32.2. The van der Waals surface area contributed by atoms with Crippen molar-refractivity contribution in [3.63, 3.8) is 0 Å². The number of hydrogen-bond donors (Lipinski definition) is 1. The fourth-order valence-corrected chi connectivity index (χ4v) is 6.21. The van der Waals surface area contributed by atoms with E-state index in [1.54, 1.807) is 11.0 Å². The van der Waals surface area contributed by atoms with Gasteiger partial charge in [0, 0.05) is 25.2 Å². The summed E-state index contributed by atoms with van der Waals surface area (Å²) < 4.78 is 51.9. The zero-order chi connectivity index (χ0) is 26.2. The van der Waals surface area contributed by atoms with Crippen molar-refractivity contribution in [1.29, 1.82) is 0 Å². The minimum atomic E-state index is -3.11. The SMILES string of the molecule is O=C(CN[C@H](C(=O)N1CC(c2cc(F)ccc2F)=C[C@H]1c1ccccc1)C1CC1)N1CCS(=O)(=O)CC1. The summed E-state index contributed by atoms with van der Waals surface area (Å²) in [5, 5.41) is 3.13. The number of rotatable bonds is 7. The average Bonchev–Trinajstić information content (AvgIpc) is 3.62. The first-order chi connectivity index (χ1) is 17.7. The van der Waals surface area contributed by atoms with E-state index in [2.05, 4.69) is 5.32 Å². The standard InChI is InChI=1S/C27H29F2N3O4S/c28-21-8-9-23(29)22(15-21)20-14-24(18-4-2-1-3-5-18)32(17-20)27(34)26(19-6-7-19)30-16-25(33)31-10-12-37(35,36)13-11-31/h1-5,8-9,14-15,19,24,26,30H,6-7,10-13,16-17H2/t24-,26-/m0/s1. The third-order valence-electron chi connectivity index (χ3n) is 7.26. The molecule has 2 atom stereocenters. The number of nitrogens with one attached hydrogen (secondary N) is 1. The van der Waals surface area contributed by atoms with Gasteiger partial charge in [-0.15, -0.1) is 0 Å². The second kappa shape index (κ2) is 10.3. The summed E-state index contributed by atoms with van der Waals surface area (Å²) in [6.07, 6.45) is 3.50. The van der Waals surface area contributed by atoms with Gasteiger partial charge in [-0.25, -0.2) is 17.2 Å². The van der Waals surface area contributed by atoms with E-state index in [0.29, 0.717) is 5.57 Å². The van der Waals surface area contributed by atoms with E-state index in [1.807, 2.05) is 30.3 Å². The monoisotopic (exact) mass is 529 g/mol. The minimum Gasteiger partial charge on any atom is -0.340 e. The first-order valence-electron chi connectivity index (χ1n) is 12.4. The van der Waals surface area contributed by atoms with Crippen LogP contribution in [0.5, 0.6) is 0 Å². The van der Waals surface area contributed by atoms with Gasteiger partial charge in [-0.05, 0) is 48.1 Å². The van der Waals surface area contributed by atoms with Gasteiger partial charge in [0.05, 0.1) is 30.1 Å². The van der Waals surface area contributed by atoms with E-state index in [-0.39, 0.29) is 61.0 Å². The summed E-state index contributed by atoms with van der Waals surface area (Å²) in [4.78, 5) is 29.8. The highest BCUT2D eigenvalue weighted by molar-refractivity contribution is 7.91. The molecule has 0 spiro atoms. The van der Waals surface area contributed by atoms with Gasteiger partial charge < -0.3 is 9.80 Å². The van der Waals surface area contributed by atoms with Crippen LogP contribution in [-0.2, 0) is 19.4 Å². The molecule has 5 rings (SSSR count). The number of sulfone groups is 1. The lowest BCUT2D eigenvalue weighted by atomic mass is 10.0. The van der Waals surface area contributed by atoms with Gasteiger partial charge in [0.15, 0.2) is 9.84 Å². The number of hydrogen-bond acceptors (Lipinski definition) is 5. The fraction of sp³-hybridized carbons (Fsp3) is 0.407. The van der Waals surface area contributed by atoms with Crippen molar-refractivity contribution in [3.8, 4) is 0 Å². The second-order valence-electron chi connectivity index (χ2n) is 9.87. The Balaban J connectivity index is 1.34. The predicted molar refractivity (Wildman–Crippen MR) is 135 cm³/mol. The minimum absolute atomic E-state index is 0.0542. The highest BCUT2D eigenvalue weighted by Crippen LogP contribution is 2.39. The summed E-state index contributed by atoms with van der Waals surface area (Å²) in [5.41, 5.74) is 1.50. The van der Waals surface area contributed by atoms with Crippen LogP contribution in [-0.4, -0.2) is 73.8 Å². The third-order valence-corrected chi connectivity index (χ3v) is 8.87. The lowest BCUT2D eigenvalue weighted by molar-refractivity contribution is -0.135. The van der Waals surface area contributed by atoms with Crippen LogP contribution in [0.2, 0.25) is 0 Å². The van der Waals surface area contributed by atoms with Crippen LogP contribution in [0.3, 0.4) is 0 Å². The topological polar surface area (TPSA) is 86.8 Å². The normalized spacial score (nSPS) is 22.0. The van der Waals surface area contributed by atoms with Crippen molar-refractivity contribution in [2.24, 2.45) is 5.92 Å². The van der Waals surface area contributed by atoms with E-state index in [1.165, 1.54) is 4.90 Å². The Kier molecular flexibility index (Phi) is 7.13. The molecule has 1 N–H and O–H groups in total. The van der Waals surface area contributed by atoms with Gasteiger partial charge >= 0.3 is 0 Å². The largest absolute Gasteiger partial charge is 0.340 e. The molecule has 7 nitrogen and oxygen atoms in total. The van der Waals surface area contributed by atoms with Crippen LogP contribution in [0, 0.1) is 17.6 Å². The van der Waals surface area contributed by atoms with Gasteiger partial charge in [0.1, 0.15) is 11.6 Å². The fourth-order valence-electron chi connectivity index (χ4n) is 5.01. The average molecular weight is 530 g/mol. The Bertz CT molecular complexity index is 1310. The number of benzene rings is 2. The maximum Gasteiger partial charge on any atom is 0.241 e. The maximum absolute atomic E-state index is 14.6. The van der Waals surface area contributed by atoms with Crippen LogP contribution < -0.4 is 5.32 Å². The number of carbonyl (C=O) groups is 2. The van der Waals surface area contributed by atoms with Crippen molar-refractivity contribution in [2.45, 2.75) is 24.9 Å². The molecule has 0 unspecified atom stereocenters. The van der Waals surface area contributed by atoms with Crippen molar-refractivity contribution in [3.05, 3.63) is 77.4 Å². The second-order valence-corrected chi connectivity index (χ2v) is 12.2. The Morgan fingerprint density at radius 3 is 2.41 bits per heavy atom. The molecule has 2 aliphatic heterocycles. The molecule has 37 heavy (non-hydrogen) atoms. The molecule has 2 amide bonds. The van der Waals surface area contributed by atoms with Gasteiger partial charge in [-0.2, -0.15) is 0 Å². The predicted octanol–water partition coefficient (Wildman–Crippen LogP) is 2.56. The molecule has 2 aromatic carbocycles. The molecular formula is C27H29F2N3O4S. The maximum atomic E-state index is 14.6. The summed E-state index contributed by atoms with van der Waals surface area (Å²) in [7, 11) is -3.11.